The Balaban J connectivity index is 1.34. The second kappa shape index (κ2) is 15.6. The van der Waals surface area contributed by atoms with Crippen LogP contribution in [0.3, 0.4) is 0 Å². The van der Waals surface area contributed by atoms with E-state index in [9.17, 15) is 15.2 Å². The summed E-state index contributed by atoms with van der Waals surface area (Å²) in [5.41, 5.74) is 1.29. The standard InChI is InChI=1S/C43H49ClF2N6O3S/c1-8-25(5)33(53)12-13-34(54)51-20-27(7)52(21-26(51)6)41-29-16-31(44)36(28-10-11-32(45)40-35(28)30(18-47)39(56-40)23(2)3)37(46)38(29)48-42(49-41)55-22-43-14-9-15-50(43)19-24(4)17-43/h10-13,16,23-24,26-27,53H,8-9,14-15,17,19-22H2,1-7H3/b13-12+,33-25?. The number of amides is 1. The first-order valence-corrected chi connectivity index (χ1v) is 20.7. The van der Waals surface area contributed by atoms with Crippen LogP contribution in [0.2, 0.25) is 5.02 Å². The van der Waals surface area contributed by atoms with Gasteiger partial charge in [-0.15, -0.1) is 11.3 Å². The molecule has 5 heterocycles. The number of allylic oxidation sites excluding steroid dienone is 2. The first-order valence-electron chi connectivity index (χ1n) is 19.5. The number of aliphatic hydroxyl groups is 1. The summed E-state index contributed by atoms with van der Waals surface area (Å²) in [6.45, 7) is 16.9. The lowest BCUT2D eigenvalue weighted by molar-refractivity contribution is -0.128. The van der Waals surface area contributed by atoms with E-state index >= 15 is 8.78 Å². The maximum absolute atomic E-state index is 17.4. The lowest BCUT2D eigenvalue weighted by Crippen LogP contribution is -2.58. The van der Waals surface area contributed by atoms with Gasteiger partial charge in [-0.2, -0.15) is 15.2 Å². The Morgan fingerprint density at radius 3 is 2.66 bits per heavy atom. The topological polar surface area (TPSA) is 106 Å². The van der Waals surface area contributed by atoms with Crippen molar-refractivity contribution >= 4 is 55.7 Å². The summed E-state index contributed by atoms with van der Waals surface area (Å²) in [4.78, 5) is 30.1. The average Bonchev–Trinajstić information content (AvgIpc) is 3.84. The number of thiophene rings is 1. The Morgan fingerprint density at radius 1 is 1.18 bits per heavy atom. The van der Waals surface area contributed by atoms with Gasteiger partial charge in [0.15, 0.2) is 5.82 Å². The van der Waals surface area contributed by atoms with Crippen LogP contribution < -0.4 is 9.64 Å². The molecule has 0 aliphatic carbocycles. The molecule has 4 atom stereocenters. The minimum absolute atomic E-state index is 0.00453. The van der Waals surface area contributed by atoms with Crippen molar-refractivity contribution in [1.29, 1.82) is 5.26 Å². The molecule has 3 aliphatic rings. The molecule has 13 heteroatoms. The number of nitriles is 1. The van der Waals surface area contributed by atoms with Gasteiger partial charge in [0.1, 0.15) is 35.6 Å². The predicted molar refractivity (Wildman–Crippen MR) is 220 cm³/mol. The number of hydrogen-bond donors (Lipinski definition) is 1. The Bertz CT molecular complexity index is 2320. The van der Waals surface area contributed by atoms with Crippen LogP contribution in [0.25, 0.3) is 32.1 Å². The zero-order chi connectivity index (χ0) is 40.2. The molecule has 296 valence electrons. The van der Waals surface area contributed by atoms with Crippen LogP contribution in [0.5, 0.6) is 6.01 Å². The molecule has 0 radical (unpaired) electrons. The van der Waals surface area contributed by atoms with Crippen LogP contribution >= 0.6 is 22.9 Å². The van der Waals surface area contributed by atoms with Crippen LogP contribution in [0.4, 0.5) is 14.6 Å². The van der Waals surface area contributed by atoms with E-state index < -0.39 is 11.6 Å². The highest BCUT2D eigenvalue weighted by Gasteiger charge is 2.48. The molecule has 0 spiro atoms. The zero-order valence-electron chi connectivity index (χ0n) is 33.0. The highest BCUT2D eigenvalue weighted by Crippen LogP contribution is 2.47. The van der Waals surface area contributed by atoms with Crippen LogP contribution in [0, 0.1) is 28.9 Å². The molecule has 56 heavy (non-hydrogen) atoms. The Morgan fingerprint density at radius 2 is 1.95 bits per heavy atom. The summed E-state index contributed by atoms with van der Waals surface area (Å²) in [6, 6.07) is 6.17. The van der Waals surface area contributed by atoms with Gasteiger partial charge in [0, 0.05) is 59.0 Å². The number of piperazine rings is 1. The molecular weight excluding hydrogens is 754 g/mol. The number of halogens is 3. The zero-order valence-corrected chi connectivity index (χ0v) is 34.6. The highest BCUT2D eigenvalue weighted by molar-refractivity contribution is 7.19. The maximum atomic E-state index is 17.4. The van der Waals surface area contributed by atoms with Crippen LogP contribution in [0.15, 0.2) is 41.7 Å². The van der Waals surface area contributed by atoms with E-state index in [4.69, 9.17) is 26.3 Å². The average molecular weight is 803 g/mol. The number of aromatic nitrogens is 2. The summed E-state index contributed by atoms with van der Waals surface area (Å²) in [7, 11) is 0. The van der Waals surface area contributed by atoms with Crippen molar-refractivity contribution in [2.45, 2.75) is 97.7 Å². The smallest absolute Gasteiger partial charge is 0.319 e. The lowest BCUT2D eigenvalue weighted by Gasteiger charge is -2.44. The largest absolute Gasteiger partial charge is 0.508 e. The number of nitrogens with zero attached hydrogens (tertiary/aromatic N) is 6. The second-order valence-electron chi connectivity index (χ2n) is 16.2. The number of ether oxygens (including phenoxy) is 1. The van der Waals surface area contributed by atoms with E-state index in [0.717, 1.165) is 37.9 Å². The van der Waals surface area contributed by atoms with E-state index in [1.807, 2.05) is 46.4 Å². The summed E-state index contributed by atoms with van der Waals surface area (Å²) in [5, 5.41) is 21.4. The minimum atomic E-state index is -0.722. The molecule has 4 unspecified atom stereocenters. The molecule has 7 rings (SSSR count). The van der Waals surface area contributed by atoms with Gasteiger partial charge < -0.3 is 19.6 Å². The summed E-state index contributed by atoms with van der Waals surface area (Å²) >= 11 is 8.23. The van der Waals surface area contributed by atoms with Crippen molar-refractivity contribution in [1.82, 2.24) is 19.8 Å². The Kier molecular flexibility index (Phi) is 11.1. The molecule has 1 amide bonds. The number of carbonyl (C=O) groups is 1. The fraction of sp³-hybridized carbons (Fsp3) is 0.488. The third kappa shape index (κ3) is 7.00. The number of aliphatic hydroxyl groups excluding tert-OH is 1. The Hall–Kier alpha value is -4.31. The molecule has 3 fully saturated rings. The normalized spacial score (nSPS) is 23.4. The molecular formula is C43H49ClF2N6O3S. The molecule has 3 aliphatic heterocycles. The number of rotatable bonds is 9. The maximum Gasteiger partial charge on any atom is 0.319 e. The van der Waals surface area contributed by atoms with E-state index in [1.54, 1.807) is 11.0 Å². The second-order valence-corrected chi connectivity index (χ2v) is 17.7. The van der Waals surface area contributed by atoms with Gasteiger partial charge in [0.05, 0.1) is 20.8 Å². The molecule has 2 aromatic heterocycles. The molecule has 0 bridgehead atoms. The van der Waals surface area contributed by atoms with Gasteiger partial charge >= 0.3 is 6.01 Å². The predicted octanol–water partition coefficient (Wildman–Crippen LogP) is 9.92. The molecule has 3 saturated heterocycles. The molecule has 4 aromatic rings. The lowest BCUT2D eigenvalue weighted by atomic mass is 9.92. The first kappa shape index (κ1) is 39.9. The van der Waals surface area contributed by atoms with Crippen molar-refractivity contribution in [2.75, 3.05) is 37.7 Å². The SMILES string of the molecule is CCC(C)=C(O)/C=C/C(=O)N1CC(C)N(c2nc(OCC34CCCN3CC(C)C4)nc3c(F)c(-c4ccc(F)c5sc(C(C)C)c(C#N)c45)c(Cl)cc23)CC1C. The van der Waals surface area contributed by atoms with Crippen molar-refractivity contribution in [2.24, 2.45) is 5.92 Å². The highest BCUT2D eigenvalue weighted by atomic mass is 35.5. The quantitative estimate of drug-likeness (QED) is 0.101. The number of anilines is 1. The molecule has 1 N–H and O–H groups in total. The van der Waals surface area contributed by atoms with Crippen molar-refractivity contribution in [3.8, 4) is 23.2 Å². The minimum Gasteiger partial charge on any atom is -0.508 e. The van der Waals surface area contributed by atoms with E-state index in [-0.39, 0.29) is 62.0 Å². The van der Waals surface area contributed by atoms with Crippen molar-refractivity contribution in [3.05, 3.63) is 68.8 Å². The van der Waals surface area contributed by atoms with Gasteiger partial charge in [-0.1, -0.05) is 45.4 Å². The van der Waals surface area contributed by atoms with E-state index in [2.05, 4.69) is 17.9 Å². The van der Waals surface area contributed by atoms with Crippen molar-refractivity contribution < 1.29 is 23.4 Å². The van der Waals surface area contributed by atoms with Gasteiger partial charge in [-0.3, -0.25) is 9.69 Å². The van der Waals surface area contributed by atoms with Crippen LogP contribution in [-0.4, -0.2) is 81.2 Å². The fourth-order valence-corrected chi connectivity index (χ4v) is 10.4. The van der Waals surface area contributed by atoms with Crippen LogP contribution in [-0.2, 0) is 4.79 Å². The number of benzene rings is 2. The van der Waals surface area contributed by atoms with Crippen LogP contribution in [0.1, 0.15) is 90.5 Å². The molecule has 9 nitrogen and oxygen atoms in total. The number of hydrogen-bond acceptors (Lipinski definition) is 9. The third-order valence-electron chi connectivity index (χ3n) is 11.9. The Labute approximate surface area is 336 Å². The summed E-state index contributed by atoms with van der Waals surface area (Å²) in [6.07, 6.45) is 6.58. The number of carbonyl (C=O) groups excluding carboxylic acids is 1. The van der Waals surface area contributed by atoms with E-state index in [0.29, 0.717) is 64.6 Å². The van der Waals surface area contributed by atoms with E-state index in [1.165, 1.54) is 35.6 Å². The fourth-order valence-electron chi connectivity index (χ4n) is 8.92. The molecule has 0 saturated carbocycles. The number of fused-ring (bicyclic) bond motifs is 3. The van der Waals surface area contributed by atoms with Gasteiger partial charge in [0.2, 0.25) is 5.91 Å². The summed E-state index contributed by atoms with van der Waals surface area (Å²) in [5.74, 6) is -0.451. The summed E-state index contributed by atoms with van der Waals surface area (Å²) < 4.78 is 39.5. The first-order chi connectivity index (χ1) is 26.7. The van der Waals surface area contributed by atoms with Crippen molar-refractivity contribution in [3.63, 3.8) is 0 Å². The van der Waals surface area contributed by atoms with Gasteiger partial charge in [-0.05, 0) is 94.2 Å². The monoisotopic (exact) mass is 802 g/mol. The molecule has 2 aromatic carbocycles. The van der Waals surface area contributed by atoms with Gasteiger partial charge in [-0.25, -0.2) is 8.78 Å². The van der Waals surface area contributed by atoms with Gasteiger partial charge in [0.25, 0.3) is 0 Å². The third-order valence-corrected chi connectivity index (χ3v) is 13.7.